The first-order valence-corrected chi connectivity index (χ1v) is 8.42. The van der Waals surface area contributed by atoms with Crippen LogP contribution < -0.4 is 9.54 Å². The van der Waals surface area contributed by atoms with Crippen molar-refractivity contribution in [1.29, 1.82) is 0 Å². The molecule has 0 aliphatic heterocycles. The van der Waals surface area contributed by atoms with E-state index in [2.05, 4.69) is 4.99 Å². The van der Waals surface area contributed by atoms with Crippen LogP contribution >= 0.6 is 11.3 Å². The van der Waals surface area contributed by atoms with E-state index in [1.54, 1.807) is 30.3 Å². The van der Waals surface area contributed by atoms with Gasteiger partial charge in [-0.15, -0.1) is 0 Å². The number of aromatic nitrogens is 1. The molecule has 6 nitrogen and oxygen atoms in total. The quantitative estimate of drug-likeness (QED) is 0.659. The van der Waals surface area contributed by atoms with Crippen LogP contribution in [-0.4, -0.2) is 30.7 Å². The molecule has 0 saturated heterocycles. The molecule has 8 heteroatoms. The van der Waals surface area contributed by atoms with E-state index in [0.717, 1.165) is 11.3 Å². The van der Waals surface area contributed by atoms with Gasteiger partial charge < -0.3 is 14.0 Å². The number of carbonyl (C=O) groups is 2. The summed E-state index contributed by atoms with van der Waals surface area (Å²) >= 11 is 1.12. The first-order chi connectivity index (χ1) is 12.5. The van der Waals surface area contributed by atoms with Crippen LogP contribution in [0.4, 0.5) is 4.39 Å². The molecule has 0 spiro atoms. The second-order valence-corrected chi connectivity index (χ2v) is 6.31. The molecular weight excluding hydrogens is 359 g/mol. The van der Waals surface area contributed by atoms with E-state index in [1.807, 2.05) is 0 Å². The molecule has 0 aliphatic carbocycles. The Kier molecular flexibility index (Phi) is 5.13. The predicted molar refractivity (Wildman–Crippen MR) is 94.7 cm³/mol. The van der Waals surface area contributed by atoms with Gasteiger partial charge in [0.1, 0.15) is 18.1 Å². The molecular formula is C18H15FN2O4S. The molecule has 1 aromatic heterocycles. The Hall–Kier alpha value is -3.00. The molecule has 3 rings (SSSR count). The van der Waals surface area contributed by atoms with Gasteiger partial charge in [0.05, 0.1) is 24.4 Å². The maximum atomic E-state index is 13.5. The second-order valence-electron chi connectivity index (χ2n) is 5.30. The fourth-order valence-electron chi connectivity index (χ4n) is 2.36. The highest BCUT2D eigenvalue weighted by atomic mass is 32.1. The molecule has 0 fully saturated rings. The van der Waals surface area contributed by atoms with E-state index < -0.39 is 17.7 Å². The Morgan fingerprint density at radius 2 is 1.88 bits per heavy atom. The van der Waals surface area contributed by atoms with Gasteiger partial charge in [-0.2, -0.15) is 4.99 Å². The molecule has 0 unspecified atom stereocenters. The van der Waals surface area contributed by atoms with Gasteiger partial charge in [0.15, 0.2) is 4.80 Å². The van der Waals surface area contributed by atoms with Crippen molar-refractivity contribution in [2.75, 3.05) is 14.2 Å². The number of benzene rings is 2. The summed E-state index contributed by atoms with van der Waals surface area (Å²) in [6.07, 6.45) is 0. The van der Waals surface area contributed by atoms with Gasteiger partial charge in [-0.05, 0) is 42.5 Å². The van der Waals surface area contributed by atoms with Crippen LogP contribution in [0.5, 0.6) is 5.75 Å². The molecule has 0 atom stereocenters. The molecule has 0 N–H and O–H groups in total. The Labute approximate surface area is 152 Å². The van der Waals surface area contributed by atoms with Gasteiger partial charge in [-0.3, -0.25) is 9.59 Å². The summed E-state index contributed by atoms with van der Waals surface area (Å²) < 4.78 is 25.4. The third-order valence-corrected chi connectivity index (χ3v) is 4.73. The van der Waals surface area contributed by atoms with Crippen molar-refractivity contribution in [1.82, 2.24) is 4.57 Å². The van der Waals surface area contributed by atoms with Gasteiger partial charge in [0.25, 0.3) is 5.91 Å². The summed E-state index contributed by atoms with van der Waals surface area (Å²) in [5, 5.41) is 0. The highest BCUT2D eigenvalue weighted by molar-refractivity contribution is 7.16. The molecule has 0 saturated carbocycles. The van der Waals surface area contributed by atoms with Crippen LogP contribution in [0.2, 0.25) is 0 Å². The molecule has 26 heavy (non-hydrogen) atoms. The number of halogens is 1. The Bertz CT molecular complexity index is 1040. The Morgan fingerprint density at radius 3 is 2.54 bits per heavy atom. The summed E-state index contributed by atoms with van der Waals surface area (Å²) in [5.74, 6) is -0.748. The molecule has 134 valence electrons. The van der Waals surface area contributed by atoms with E-state index in [9.17, 15) is 14.0 Å². The summed E-state index contributed by atoms with van der Waals surface area (Å²) in [5.41, 5.74) is 0.974. The zero-order valence-electron chi connectivity index (χ0n) is 14.1. The van der Waals surface area contributed by atoms with Crippen molar-refractivity contribution in [3.05, 3.63) is 58.6 Å². The average Bonchev–Trinajstić information content (AvgIpc) is 2.97. The topological polar surface area (TPSA) is 69.9 Å². The predicted octanol–water partition coefficient (Wildman–Crippen LogP) is 2.76. The third kappa shape index (κ3) is 3.65. The van der Waals surface area contributed by atoms with Crippen LogP contribution in [0.15, 0.2) is 47.5 Å². The Morgan fingerprint density at radius 1 is 1.15 bits per heavy atom. The van der Waals surface area contributed by atoms with Gasteiger partial charge >= 0.3 is 5.97 Å². The molecule has 0 radical (unpaired) electrons. The lowest BCUT2D eigenvalue weighted by atomic mass is 10.2. The zero-order valence-corrected chi connectivity index (χ0v) is 14.9. The largest absolute Gasteiger partial charge is 0.497 e. The minimum Gasteiger partial charge on any atom is -0.497 e. The summed E-state index contributed by atoms with van der Waals surface area (Å²) in [7, 11) is 2.81. The number of rotatable bonds is 4. The van der Waals surface area contributed by atoms with E-state index in [-0.39, 0.29) is 11.3 Å². The van der Waals surface area contributed by atoms with E-state index >= 15 is 0 Å². The number of hydrogen-bond donors (Lipinski definition) is 0. The van der Waals surface area contributed by atoms with Gasteiger partial charge in [-0.1, -0.05) is 11.3 Å². The average molecular weight is 374 g/mol. The number of hydrogen-bond acceptors (Lipinski definition) is 5. The van der Waals surface area contributed by atoms with Crippen molar-refractivity contribution in [3.8, 4) is 5.75 Å². The fourth-order valence-corrected chi connectivity index (χ4v) is 3.42. The number of methoxy groups -OCH3 is 2. The third-order valence-electron chi connectivity index (χ3n) is 3.69. The smallest absolute Gasteiger partial charge is 0.325 e. The summed E-state index contributed by atoms with van der Waals surface area (Å²) in [6.45, 7) is -0.128. The first kappa shape index (κ1) is 17.8. The summed E-state index contributed by atoms with van der Waals surface area (Å²) in [6, 6.07) is 10.7. The lowest BCUT2D eigenvalue weighted by molar-refractivity contribution is -0.141. The first-order valence-electron chi connectivity index (χ1n) is 7.60. The van der Waals surface area contributed by atoms with Gasteiger partial charge in [-0.25, -0.2) is 4.39 Å². The number of esters is 1. The highest BCUT2D eigenvalue weighted by Crippen LogP contribution is 2.19. The maximum absolute atomic E-state index is 13.5. The van der Waals surface area contributed by atoms with Crippen LogP contribution in [0.1, 0.15) is 10.4 Å². The van der Waals surface area contributed by atoms with Crippen molar-refractivity contribution < 1.29 is 23.5 Å². The molecule has 1 amide bonds. The Balaban J connectivity index is 2.09. The van der Waals surface area contributed by atoms with Crippen molar-refractivity contribution >= 4 is 33.4 Å². The minimum absolute atomic E-state index is 0.128. The van der Waals surface area contributed by atoms with Crippen LogP contribution in [-0.2, 0) is 16.1 Å². The normalized spacial score (nSPS) is 11.6. The van der Waals surface area contributed by atoms with Crippen molar-refractivity contribution in [2.45, 2.75) is 6.54 Å². The zero-order chi connectivity index (χ0) is 18.7. The molecule has 2 aromatic carbocycles. The molecule has 3 aromatic rings. The number of thiazole rings is 1. The van der Waals surface area contributed by atoms with Gasteiger partial charge in [0, 0.05) is 5.56 Å². The van der Waals surface area contributed by atoms with Crippen LogP contribution in [0, 0.1) is 5.82 Å². The number of amides is 1. The van der Waals surface area contributed by atoms with Crippen molar-refractivity contribution in [2.24, 2.45) is 4.99 Å². The monoisotopic (exact) mass is 374 g/mol. The van der Waals surface area contributed by atoms with Crippen LogP contribution in [0.25, 0.3) is 10.2 Å². The van der Waals surface area contributed by atoms with Gasteiger partial charge in [0.2, 0.25) is 0 Å². The van der Waals surface area contributed by atoms with Crippen LogP contribution in [0.3, 0.4) is 0 Å². The highest BCUT2D eigenvalue weighted by Gasteiger charge is 2.13. The number of carbonyl (C=O) groups excluding carboxylic acids is 2. The SMILES string of the molecule is COC(=O)Cn1c(=NC(=O)c2ccc(OC)cc2)sc2cc(F)ccc21. The number of nitrogens with zero attached hydrogens (tertiary/aromatic N) is 2. The van der Waals surface area contributed by atoms with Crippen molar-refractivity contribution in [3.63, 3.8) is 0 Å². The maximum Gasteiger partial charge on any atom is 0.325 e. The lowest BCUT2D eigenvalue weighted by Crippen LogP contribution is -2.22. The minimum atomic E-state index is -0.493. The van der Waals surface area contributed by atoms with E-state index in [1.165, 1.54) is 30.9 Å². The standard InChI is InChI=1S/C18H15FN2O4S/c1-24-13-6-3-11(4-7-13)17(23)20-18-21(10-16(22)25-2)14-8-5-12(19)9-15(14)26-18/h3-9H,10H2,1-2H3. The molecule has 0 aliphatic rings. The van der Waals surface area contributed by atoms with E-state index in [4.69, 9.17) is 9.47 Å². The molecule has 1 heterocycles. The second kappa shape index (κ2) is 7.49. The molecule has 0 bridgehead atoms. The number of ether oxygens (including phenoxy) is 2. The number of fused-ring (bicyclic) bond motifs is 1. The fraction of sp³-hybridized carbons (Fsp3) is 0.167. The lowest BCUT2D eigenvalue weighted by Gasteiger charge is -2.03. The van der Waals surface area contributed by atoms with E-state index in [0.29, 0.717) is 21.5 Å². The summed E-state index contributed by atoms with van der Waals surface area (Å²) in [4.78, 5) is 28.6.